The molecule has 5 rings (SSSR count). The Bertz CT molecular complexity index is 1400. The van der Waals surface area contributed by atoms with Crippen LogP contribution in [0.5, 0.6) is 17.2 Å². The number of halogens is 1. The third kappa shape index (κ3) is 3.81. The Morgan fingerprint density at radius 3 is 2.58 bits per heavy atom. The van der Waals surface area contributed by atoms with Crippen LogP contribution < -0.4 is 4.74 Å². The number of benzene rings is 3. The van der Waals surface area contributed by atoms with Crippen LogP contribution in [0.3, 0.4) is 0 Å². The summed E-state index contributed by atoms with van der Waals surface area (Å²) >= 11 is 6.11. The average molecular weight is 429 g/mol. The van der Waals surface area contributed by atoms with Crippen LogP contribution in [0.25, 0.3) is 28.0 Å². The fourth-order valence-corrected chi connectivity index (χ4v) is 3.40. The maximum Gasteiger partial charge on any atom is 0.136 e. The number of hydrogen-bond acceptors (Lipinski definition) is 5. The number of pyridine rings is 1. The van der Waals surface area contributed by atoms with Gasteiger partial charge in [-0.15, -0.1) is 5.10 Å². The summed E-state index contributed by atoms with van der Waals surface area (Å²) in [6.07, 6.45) is 1.80. The van der Waals surface area contributed by atoms with Crippen molar-refractivity contribution < 1.29 is 9.84 Å². The number of fused-ring (bicyclic) bond motifs is 1. The van der Waals surface area contributed by atoms with Gasteiger partial charge in [-0.3, -0.25) is 0 Å². The van der Waals surface area contributed by atoms with Crippen molar-refractivity contribution in [3.8, 4) is 34.3 Å². The van der Waals surface area contributed by atoms with E-state index in [1.165, 1.54) is 0 Å². The van der Waals surface area contributed by atoms with Crippen molar-refractivity contribution in [2.45, 2.75) is 6.92 Å². The molecule has 0 fully saturated rings. The number of phenols is 1. The van der Waals surface area contributed by atoms with Gasteiger partial charge < -0.3 is 9.84 Å². The minimum Gasteiger partial charge on any atom is -0.508 e. The molecule has 3 aromatic carbocycles. The van der Waals surface area contributed by atoms with Crippen molar-refractivity contribution in [3.05, 3.63) is 89.6 Å². The monoisotopic (exact) mass is 428 g/mol. The summed E-state index contributed by atoms with van der Waals surface area (Å²) in [5.41, 5.74) is 3.90. The van der Waals surface area contributed by atoms with Crippen molar-refractivity contribution in [2.75, 3.05) is 0 Å². The first-order valence-corrected chi connectivity index (χ1v) is 10.0. The summed E-state index contributed by atoms with van der Waals surface area (Å²) in [4.78, 5) is 4.74. The van der Waals surface area contributed by atoms with Gasteiger partial charge in [0, 0.05) is 10.4 Å². The van der Waals surface area contributed by atoms with Crippen LogP contribution >= 0.6 is 11.6 Å². The summed E-state index contributed by atoms with van der Waals surface area (Å²) in [7, 11) is 0. The minimum atomic E-state index is 0.201. The first-order chi connectivity index (χ1) is 15.1. The number of phenolic OH excluding ortho intramolecular Hbond substituents is 1. The van der Waals surface area contributed by atoms with Gasteiger partial charge in [-0.1, -0.05) is 22.9 Å². The molecule has 0 bridgehead atoms. The lowest BCUT2D eigenvalue weighted by atomic mass is 10.1. The molecule has 7 heteroatoms. The molecule has 0 saturated heterocycles. The van der Waals surface area contributed by atoms with E-state index in [1.807, 2.05) is 55.5 Å². The lowest BCUT2D eigenvalue weighted by molar-refractivity contribution is 0.475. The Morgan fingerprint density at radius 2 is 1.77 bits per heavy atom. The van der Waals surface area contributed by atoms with Crippen molar-refractivity contribution in [2.24, 2.45) is 0 Å². The van der Waals surface area contributed by atoms with Gasteiger partial charge in [0.25, 0.3) is 0 Å². The molecule has 0 spiro atoms. The molecular weight excluding hydrogens is 412 g/mol. The van der Waals surface area contributed by atoms with Crippen LogP contribution in [0.15, 0.2) is 79.0 Å². The van der Waals surface area contributed by atoms with Gasteiger partial charge in [-0.05, 0) is 79.2 Å². The lowest BCUT2D eigenvalue weighted by Crippen LogP contribution is -1.93. The molecule has 0 unspecified atom stereocenters. The van der Waals surface area contributed by atoms with Gasteiger partial charge in [0.2, 0.25) is 0 Å². The summed E-state index contributed by atoms with van der Waals surface area (Å²) in [5, 5.41) is 19.5. The summed E-state index contributed by atoms with van der Waals surface area (Å²) in [6, 6.07) is 21.9. The molecule has 152 valence electrons. The average Bonchev–Trinajstić information content (AvgIpc) is 3.27. The van der Waals surface area contributed by atoms with E-state index in [-0.39, 0.29) is 5.75 Å². The Kier molecular flexibility index (Phi) is 4.76. The van der Waals surface area contributed by atoms with E-state index in [4.69, 9.17) is 21.3 Å². The molecule has 2 aromatic heterocycles. The highest BCUT2D eigenvalue weighted by atomic mass is 35.5. The molecule has 0 aliphatic heterocycles. The fraction of sp³-hybridized carbons (Fsp3) is 0.0417. The van der Waals surface area contributed by atoms with Crippen LogP contribution in [0.2, 0.25) is 5.02 Å². The third-order valence-corrected chi connectivity index (χ3v) is 5.34. The molecule has 0 radical (unpaired) electrons. The smallest absolute Gasteiger partial charge is 0.136 e. The van der Waals surface area contributed by atoms with E-state index < -0.39 is 0 Å². The highest BCUT2D eigenvalue weighted by molar-refractivity contribution is 6.31. The van der Waals surface area contributed by atoms with Crippen molar-refractivity contribution in [1.29, 1.82) is 0 Å². The van der Waals surface area contributed by atoms with E-state index in [0.29, 0.717) is 22.2 Å². The van der Waals surface area contributed by atoms with Gasteiger partial charge in [0.15, 0.2) is 0 Å². The van der Waals surface area contributed by atoms with Gasteiger partial charge >= 0.3 is 0 Å². The Morgan fingerprint density at radius 1 is 0.935 bits per heavy atom. The maximum atomic E-state index is 9.46. The molecule has 1 N–H and O–H groups in total. The van der Waals surface area contributed by atoms with E-state index in [9.17, 15) is 5.11 Å². The Balaban J connectivity index is 1.47. The van der Waals surface area contributed by atoms with Crippen molar-refractivity contribution >= 4 is 22.5 Å². The summed E-state index contributed by atoms with van der Waals surface area (Å²) in [6.45, 7) is 1.94. The molecule has 0 aliphatic carbocycles. The third-order valence-electron chi connectivity index (χ3n) is 4.92. The molecule has 31 heavy (non-hydrogen) atoms. The highest BCUT2D eigenvalue weighted by Gasteiger charge is 2.11. The molecule has 5 aromatic rings. The zero-order valence-electron chi connectivity index (χ0n) is 16.5. The molecule has 0 atom stereocenters. The first kappa shape index (κ1) is 19.1. The van der Waals surface area contributed by atoms with E-state index >= 15 is 0 Å². The topological polar surface area (TPSA) is 73.1 Å². The molecule has 2 heterocycles. The Hall–Kier alpha value is -3.90. The normalized spacial score (nSPS) is 11.0. The second-order valence-electron chi connectivity index (χ2n) is 7.10. The SMILES string of the molecule is Cc1cc(Oc2cccc3nc(-c4cn(-c5ccc(O)cc5)nn4)ccc23)ccc1Cl. The Labute approximate surface area is 183 Å². The molecular formula is C24H17ClN4O2. The molecule has 0 amide bonds. The number of aromatic nitrogens is 4. The first-order valence-electron chi connectivity index (χ1n) is 9.63. The van der Waals surface area contributed by atoms with Crippen LogP contribution in [-0.4, -0.2) is 25.1 Å². The molecule has 6 nitrogen and oxygen atoms in total. The number of nitrogens with zero attached hydrogens (tertiary/aromatic N) is 4. The number of aromatic hydroxyl groups is 1. The minimum absolute atomic E-state index is 0.201. The lowest BCUT2D eigenvalue weighted by Gasteiger charge is -2.10. The highest BCUT2D eigenvalue weighted by Crippen LogP contribution is 2.32. The van der Waals surface area contributed by atoms with Gasteiger partial charge in [-0.25, -0.2) is 9.67 Å². The largest absolute Gasteiger partial charge is 0.508 e. The van der Waals surface area contributed by atoms with Crippen LogP contribution in [0.1, 0.15) is 5.56 Å². The zero-order valence-corrected chi connectivity index (χ0v) is 17.3. The molecule has 0 saturated carbocycles. The zero-order chi connectivity index (χ0) is 21.4. The quantitative estimate of drug-likeness (QED) is 0.383. The maximum absolute atomic E-state index is 9.46. The second-order valence-corrected chi connectivity index (χ2v) is 7.50. The fourth-order valence-electron chi connectivity index (χ4n) is 3.28. The van der Waals surface area contributed by atoms with Crippen molar-refractivity contribution in [3.63, 3.8) is 0 Å². The second kappa shape index (κ2) is 7.74. The van der Waals surface area contributed by atoms with Crippen LogP contribution in [0.4, 0.5) is 0 Å². The number of ether oxygens (including phenoxy) is 1. The van der Waals surface area contributed by atoms with Crippen molar-refractivity contribution in [1.82, 2.24) is 20.0 Å². The van der Waals surface area contributed by atoms with E-state index in [1.54, 1.807) is 35.1 Å². The van der Waals surface area contributed by atoms with Crippen LogP contribution in [0, 0.1) is 6.92 Å². The van der Waals surface area contributed by atoms with E-state index in [2.05, 4.69) is 10.3 Å². The number of rotatable bonds is 4. The predicted molar refractivity (Wildman–Crippen MR) is 120 cm³/mol. The van der Waals surface area contributed by atoms with Gasteiger partial charge in [-0.2, -0.15) is 0 Å². The van der Waals surface area contributed by atoms with E-state index in [0.717, 1.165) is 27.9 Å². The van der Waals surface area contributed by atoms with Gasteiger partial charge in [0.1, 0.15) is 22.9 Å². The standard InChI is InChI=1S/C24H17ClN4O2/c1-15-13-18(9-11-20(15)25)31-24-4-2-3-21-19(24)10-12-22(26-21)23-14-29(28-27-23)16-5-7-17(30)8-6-16/h2-14,30H,1H3. The summed E-state index contributed by atoms with van der Waals surface area (Å²) < 4.78 is 7.74. The van der Waals surface area contributed by atoms with Crippen LogP contribution in [-0.2, 0) is 0 Å². The molecule has 0 aliphatic rings. The number of hydrogen-bond donors (Lipinski definition) is 1. The number of aryl methyl sites for hydroxylation is 1. The van der Waals surface area contributed by atoms with Gasteiger partial charge in [0.05, 0.1) is 23.1 Å². The predicted octanol–water partition coefficient (Wildman–Crippen LogP) is 5.94. The summed E-state index contributed by atoms with van der Waals surface area (Å²) in [5.74, 6) is 1.63.